The van der Waals surface area contributed by atoms with Gasteiger partial charge in [-0.3, -0.25) is 14.4 Å². The Hall–Kier alpha value is -1.97. The van der Waals surface area contributed by atoms with Crippen molar-refractivity contribution in [1.82, 2.24) is 14.7 Å². The van der Waals surface area contributed by atoms with E-state index in [1.54, 1.807) is 14.0 Å². The van der Waals surface area contributed by atoms with Gasteiger partial charge >= 0.3 is 5.97 Å². The highest BCUT2D eigenvalue weighted by Gasteiger charge is 2.31. The first kappa shape index (κ1) is 18.8. The summed E-state index contributed by atoms with van der Waals surface area (Å²) in [5.74, 6) is 0.0830. The molecular formula is C17H26N4O5. The van der Waals surface area contributed by atoms with Gasteiger partial charge in [0.25, 0.3) is 0 Å². The van der Waals surface area contributed by atoms with Gasteiger partial charge in [0.2, 0.25) is 5.91 Å². The molecule has 0 radical (unpaired) electrons. The predicted octanol–water partition coefficient (Wildman–Crippen LogP) is 0.620. The van der Waals surface area contributed by atoms with Gasteiger partial charge in [-0.25, -0.2) is 4.79 Å². The number of piperidine rings is 1. The molecule has 2 saturated heterocycles. The van der Waals surface area contributed by atoms with Crippen molar-refractivity contribution in [1.29, 1.82) is 0 Å². The summed E-state index contributed by atoms with van der Waals surface area (Å²) in [6.07, 6.45) is 3.20. The van der Waals surface area contributed by atoms with Crippen LogP contribution in [0.2, 0.25) is 0 Å². The number of aromatic nitrogens is 2. The highest BCUT2D eigenvalue weighted by molar-refractivity contribution is 6.00. The van der Waals surface area contributed by atoms with Gasteiger partial charge in [-0.05, 0) is 32.9 Å². The van der Waals surface area contributed by atoms with Crippen LogP contribution in [0.4, 0.5) is 5.82 Å². The van der Waals surface area contributed by atoms with Crippen LogP contribution in [0.3, 0.4) is 0 Å². The molecule has 0 atom stereocenters. The summed E-state index contributed by atoms with van der Waals surface area (Å²) < 4.78 is 17.6. The summed E-state index contributed by atoms with van der Waals surface area (Å²) in [6, 6.07) is 0. The normalized spacial score (nSPS) is 19.6. The van der Waals surface area contributed by atoms with E-state index in [1.807, 2.05) is 0 Å². The minimum Gasteiger partial charge on any atom is -0.462 e. The van der Waals surface area contributed by atoms with Crippen molar-refractivity contribution in [2.24, 2.45) is 13.0 Å². The van der Waals surface area contributed by atoms with Gasteiger partial charge in [0.05, 0.1) is 32.6 Å². The second-order valence-electron chi connectivity index (χ2n) is 6.52. The largest absolute Gasteiger partial charge is 0.462 e. The molecule has 1 aromatic rings. The Balaban J connectivity index is 1.50. The lowest BCUT2D eigenvalue weighted by Crippen LogP contribution is -2.42. The maximum Gasteiger partial charge on any atom is 0.343 e. The summed E-state index contributed by atoms with van der Waals surface area (Å²) in [7, 11) is 1.67. The molecule has 0 aliphatic carbocycles. The first-order valence-electron chi connectivity index (χ1n) is 9.03. The molecule has 2 aliphatic rings. The monoisotopic (exact) mass is 366 g/mol. The molecule has 26 heavy (non-hydrogen) atoms. The van der Waals surface area contributed by atoms with Crippen molar-refractivity contribution >= 4 is 17.7 Å². The Labute approximate surface area is 152 Å². The smallest absolute Gasteiger partial charge is 0.343 e. The minimum absolute atomic E-state index is 0.0902. The number of amides is 1. The lowest BCUT2D eigenvalue weighted by atomic mass is 9.96. The number of esters is 1. The molecule has 0 bridgehead atoms. The molecule has 0 unspecified atom stereocenters. The number of hydrogen-bond acceptors (Lipinski definition) is 7. The Morgan fingerprint density at radius 2 is 2.00 bits per heavy atom. The van der Waals surface area contributed by atoms with Gasteiger partial charge in [0.15, 0.2) is 6.29 Å². The average molecular weight is 366 g/mol. The molecule has 144 valence electrons. The number of aryl methyl sites for hydroxylation is 1. The molecule has 9 nitrogen and oxygen atoms in total. The highest BCUT2D eigenvalue weighted by Crippen LogP contribution is 2.25. The molecule has 2 aliphatic heterocycles. The number of hydrogen-bond donors (Lipinski definition) is 1. The lowest BCUT2D eigenvalue weighted by Gasteiger charge is -2.33. The van der Waals surface area contributed by atoms with E-state index in [0.29, 0.717) is 24.9 Å². The van der Waals surface area contributed by atoms with Crippen LogP contribution < -0.4 is 5.32 Å². The molecule has 0 saturated carbocycles. The van der Waals surface area contributed by atoms with Crippen molar-refractivity contribution in [3.8, 4) is 0 Å². The average Bonchev–Trinajstić information content (AvgIpc) is 3.27. The third-order valence-electron chi connectivity index (χ3n) is 4.72. The zero-order chi connectivity index (χ0) is 18.5. The second kappa shape index (κ2) is 8.61. The van der Waals surface area contributed by atoms with Crippen molar-refractivity contribution in [3.63, 3.8) is 0 Å². The molecule has 0 spiro atoms. The van der Waals surface area contributed by atoms with Crippen molar-refractivity contribution in [3.05, 3.63) is 11.8 Å². The number of nitrogens with one attached hydrogen (secondary N) is 1. The predicted molar refractivity (Wildman–Crippen MR) is 92.7 cm³/mol. The van der Waals surface area contributed by atoms with Crippen LogP contribution in [0.5, 0.6) is 0 Å². The lowest BCUT2D eigenvalue weighted by molar-refractivity contribution is -0.119. The van der Waals surface area contributed by atoms with Gasteiger partial charge in [-0.2, -0.15) is 5.10 Å². The standard InChI is InChI=1S/C17H26N4O5/c1-3-24-16(23)13-10-18-20(2)15(13)19-14(22)11-21-6-4-12(5-7-21)17-25-8-9-26-17/h10,12,17H,3-9,11H2,1-2H3,(H,19,22). The first-order chi connectivity index (χ1) is 12.6. The van der Waals surface area contributed by atoms with Crippen LogP contribution in [-0.2, 0) is 26.1 Å². The van der Waals surface area contributed by atoms with E-state index < -0.39 is 5.97 Å². The summed E-state index contributed by atoms with van der Waals surface area (Å²) in [5.41, 5.74) is 0.261. The molecule has 0 aromatic carbocycles. The van der Waals surface area contributed by atoms with Gasteiger partial charge in [-0.15, -0.1) is 0 Å². The summed E-state index contributed by atoms with van der Waals surface area (Å²) >= 11 is 0. The van der Waals surface area contributed by atoms with Crippen LogP contribution in [-0.4, -0.2) is 72.3 Å². The molecule has 3 heterocycles. The fourth-order valence-electron chi connectivity index (χ4n) is 3.35. The number of anilines is 1. The number of ether oxygens (including phenoxy) is 3. The van der Waals surface area contributed by atoms with Crippen LogP contribution in [0.1, 0.15) is 30.1 Å². The fraction of sp³-hybridized carbons (Fsp3) is 0.706. The SMILES string of the molecule is CCOC(=O)c1cnn(C)c1NC(=O)CN1CCC(C2OCCO2)CC1. The van der Waals surface area contributed by atoms with E-state index in [9.17, 15) is 9.59 Å². The quantitative estimate of drug-likeness (QED) is 0.738. The summed E-state index contributed by atoms with van der Waals surface area (Å²) in [6.45, 7) is 5.24. The zero-order valence-electron chi connectivity index (χ0n) is 15.3. The van der Waals surface area contributed by atoms with E-state index in [-0.39, 0.29) is 30.9 Å². The second-order valence-corrected chi connectivity index (χ2v) is 6.52. The fourth-order valence-corrected chi connectivity index (χ4v) is 3.35. The van der Waals surface area contributed by atoms with Gasteiger partial charge in [-0.1, -0.05) is 0 Å². The highest BCUT2D eigenvalue weighted by atomic mass is 16.7. The van der Waals surface area contributed by atoms with Crippen LogP contribution >= 0.6 is 0 Å². The number of carbonyl (C=O) groups is 2. The van der Waals surface area contributed by atoms with E-state index in [4.69, 9.17) is 14.2 Å². The van der Waals surface area contributed by atoms with E-state index in [0.717, 1.165) is 25.9 Å². The Bertz CT molecular complexity index is 633. The summed E-state index contributed by atoms with van der Waals surface area (Å²) in [4.78, 5) is 26.5. The number of likely N-dealkylation sites (tertiary alicyclic amines) is 1. The maximum absolute atomic E-state index is 12.4. The van der Waals surface area contributed by atoms with Gasteiger partial charge in [0, 0.05) is 13.0 Å². The van der Waals surface area contributed by atoms with E-state index in [2.05, 4.69) is 15.3 Å². The maximum atomic E-state index is 12.4. The van der Waals surface area contributed by atoms with E-state index in [1.165, 1.54) is 10.9 Å². The molecule has 9 heteroatoms. The van der Waals surface area contributed by atoms with Crippen molar-refractivity contribution in [2.75, 3.05) is 44.8 Å². The number of rotatable bonds is 6. The Kier molecular flexibility index (Phi) is 6.23. The molecule has 1 amide bonds. The molecular weight excluding hydrogens is 340 g/mol. The topological polar surface area (TPSA) is 94.9 Å². The first-order valence-corrected chi connectivity index (χ1v) is 9.03. The molecule has 2 fully saturated rings. The Morgan fingerprint density at radius 1 is 1.31 bits per heavy atom. The van der Waals surface area contributed by atoms with Crippen molar-refractivity contribution < 1.29 is 23.8 Å². The molecule has 1 N–H and O–H groups in total. The zero-order valence-corrected chi connectivity index (χ0v) is 15.3. The third kappa shape index (κ3) is 4.40. The van der Waals surface area contributed by atoms with Crippen LogP contribution in [0.15, 0.2) is 6.20 Å². The van der Waals surface area contributed by atoms with Gasteiger partial charge in [0.1, 0.15) is 11.4 Å². The third-order valence-corrected chi connectivity index (χ3v) is 4.72. The molecule has 3 rings (SSSR count). The molecule has 1 aromatic heterocycles. The van der Waals surface area contributed by atoms with Gasteiger partial charge < -0.3 is 19.5 Å². The Morgan fingerprint density at radius 3 is 2.65 bits per heavy atom. The number of carbonyl (C=O) groups excluding carboxylic acids is 2. The van der Waals surface area contributed by atoms with Crippen LogP contribution in [0, 0.1) is 5.92 Å². The minimum atomic E-state index is -0.492. The van der Waals surface area contributed by atoms with Crippen molar-refractivity contribution in [2.45, 2.75) is 26.1 Å². The van der Waals surface area contributed by atoms with Crippen LogP contribution in [0.25, 0.3) is 0 Å². The van der Waals surface area contributed by atoms with E-state index >= 15 is 0 Å². The summed E-state index contributed by atoms with van der Waals surface area (Å²) in [5, 5.41) is 6.81. The number of nitrogens with zero attached hydrogens (tertiary/aromatic N) is 3.